The summed E-state index contributed by atoms with van der Waals surface area (Å²) in [5, 5.41) is 8.41. The molecule has 3 aromatic rings. The number of nitrogens with one attached hydrogen (secondary N) is 3. The number of hydrogen-bond donors (Lipinski definition) is 3. The molecule has 8 heteroatoms. The molecule has 0 saturated heterocycles. The number of fused-ring (bicyclic) bond motifs is 1. The summed E-state index contributed by atoms with van der Waals surface area (Å²) in [4.78, 5) is 12.9. The molecule has 3 N–H and O–H groups in total. The zero-order valence-corrected chi connectivity index (χ0v) is 19.6. The van der Waals surface area contributed by atoms with Gasteiger partial charge in [-0.25, -0.2) is 0 Å². The number of carbonyl (C=O) groups excluding carboxylic acids is 1. The van der Waals surface area contributed by atoms with Gasteiger partial charge < -0.3 is 10.6 Å². The van der Waals surface area contributed by atoms with Crippen LogP contribution in [0.4, 0.5) is 18.9 Å². The van der Waals surface area contributed by atoms with Crippen molar-refractivity contribution in [3.63, 3.8) is 0 Å². The number of carbonyl (C=O) groups is 1. The van der Waals surface area contributed by atoms with E-state index in [1.807, 2.05) is 42.5 Å². The van der Waals surface area contributed by atoms with E-state index in [2.05, 4.69) is 16.0 Å². The van der Waals surface area contributed by atoms with Crippen molar-refractivity contribution in [2.24, 2.45) is 0 Å². The van der Waals surface area contributed by atoms with E-state index < -0.39 is 11.7 Å². The summed E-state index contributed by atoms with van der Waals surface area (Å²) in [6, 6.07) is 21.4. The Bertz CT molecular complexity index is 1270. The highest BCUT2D eigenvalue weighted by atomic mass is 32.1. The summed E-state index contributed by atoms with van der Waals surface area (Å²) in [6.45, 7) is 0.118. The number of hydrogen-bond acceptors (Lipinski definition) is 3. The topological polar surface area (TPSA) is 53.2 Å². The van der Waals surface area contributed by atoms with E-state index in [0.717, 1.165) is 24.0 Å². The third-order valence-electron chi connectivity index (χ3n) is 6.49. The quantitative estimate of drug-likeness (QED) is 0.404. The summed E-state index contributed by atoms with van der Waals surface area (Å²) >= 11 is 5.29. The van der Waals surface area contributed by atoms with Crippen molar-refractivity contribution >= 4 is 28.8 Å². The maximum atomic E-state index is 14.5. The maximum Gasteiger partial charge on any atom is 0.417 e. The number of thiocarbonyl (C=S) groups is 1. The van der Waals surface area contributed by atoms with Crippen LogP contribution in [0.5, 0.6) is 0 Å². The van der Waals surface area contributed by atoms with Crippen molar-refractivity contribution in [1.29, 1.82) is 0 Å². The second-order valence-electron chi connectivity index (χ2n) is 8.91. The van der Waals surface area contributed by atoms with Gasteiger partial charge in [0.1, 0.15) is 4.99 Å². The molecule has 1 atom stereocenters. The molecule has 1 unspecified atom stereocenters. The van der Waals surface area contributed by atoms with Crippen LogP contribution in [0.15, 0.2) is 72.8 Å². The van der Waals surface area contributed by atoms with Gasteiger partial charge >= 0.3 is 6.18 Å². The van der Waals surface area contributed by atoms with E-state index in [1.54, 1.807) is 18.2 Å². The smallest absolute Gasteiger partial charge is 0.375 e. The van der Waals surface area contributed by atoms with Gasteiger partial charge in [0.25, 0.3) is 5.91 Å². The van der Waals surface area contributed by atoms with Crippen LogP contribution >= 0.6 is 12.2 Å². The third-order valence-corrected chi connectivity index (χ3v) is 6.91. The van der Waals surface area contributed by atoms with Crippen molar-refractivity contribution in [3.05, 3.63) is 89.5 Å². The molecule has 1 fully saturated rings. The van der Waals surface area contributed by atoms with Crippen molar-refractivity contribution in [1.82, 2.24) is 10.6 Å². The average Bonchev–Trinajstić information content (AvgIpc) is 3.67. The zero-order valence-electron chi connectivity index (χ0n) is 18.8. The number of amides is 1. The largest absolute Gasteiger partial charge is 0.417 e. The van der Waals surface area contributed by atoms with Gasteiger partial charge in [-0.3, -0.25) is 10.1 Å². The van der Waals surface area contributed by atoms with Gasteiger partial charge in [0, 0.05) is 23.8 Å². The summed E-state index contributed by atoms with van der Waals surface area (Å²) in [6.07, 6.45) is -2.60. The lowest BCUT2D eigenvalue weighted by atomic mass is 9.81. The molecule has 35 heavy (non-hydrogen) atoms. The first-order valence-electron chi connectivity index (χ1n) is 11.5. The summed E-state index contributed by atoms with van der Waals surface area (Å²) in [5.74, 6) is -0.327. The van der Waals surface area contributed by atoms with Crippen LogP contribution < -0.4 is 16.0 Å². The van der Waals surface area contributed by atoms with Crippen LogP contribution in [-0.2, 0) is 12.0 Å². The molecule has 0 aromatic heterocycles. The highest BCUT2D eigenvalue weighted by Gasteiger charge is 2.61. The fraction of sp³-hybridized carbons (Fsp3) is 0.259. The van der Waals surface area contributed by atoms with Crippen LogP contribution in [0.2, 0.25) is 0 Å². The first-order chi connectivity index (χ1) is 16.8. The molecular weight excluding hydrogens is 471 g/mol. The monoisotopic (exact) mass is 495 g/mol. The molecule has 0 bridgehead atoms. The molecule has 1 aliphatic carbocycles. The van der Waals surface area contributed by atoms with Crippen LogP contribution in [0.1, 0.15) is 34.3 Å². The molecular formula is C27H24F3N3OS. The lowest BCUT2D eigenvalue weighted by Crippen LogP contribution is -2.65. The van der Waals surface area contributed by atoms with Gasteiger partial charge in [0.05, 0.1) is 0 Å². The predicted octanol–water partition coefficient (Wildman–Crippen LogP) is 5.59. The molecule has 1 heterocycles. The highest BCUT2D eigenvalue weighted by molar-refractivity contribution is 7.80. The van der Waals surface area contributed by atoms with Crippen LogP contribution in [0, 0.1) is 0 Å². The Hall–Kier alpha value is -3.23. The van der Waals surface area contributed by atoms with E-state index in [0.29, 0.717) is 23.2 Å². The molecule has 1 saturated carbocycles. The minimum atomic E-state index is -4.62. The number of halogens is 3. The fourth-order valence-corrected chi connectivity index (χ4v) is 5.04. The number of anilines is 1. The van der Waals surface area contributed by atoms with Gasteiger partial charge in [-0.2, -0.15) is 13.2 Å². The number of benzene rings is 3. The van der Waals surface area contributed by atoms with Gasteiger partial charge in [-0.15, -0.1) is 0 Å². The summed E-state index contributed by atoms with van der Waals surface area (Å²) in [7, 11) is 0. The third kappa shape index (κ3) is 4.44. The second-order valence-corrected chi connectivity index (χ2v) is 9.32. The molecule has 2 aliphatic rings. The standard InChI is InChI=1S/C27H24F3N3OS/c28-27(29,30)26(25(35)33-19-10-11-19)23-13-12-20(16-18(23)14-15-31-26)32-24(34)22-9-5-4-8-21(22)17-6-2-1-3-7-17/h1-9,12-13,16,19,31H,10-11,14-15H2,(H,32,34)(H,33,35). The molecule has 0 spiro atoms. The van der Waals surface area contributed by atoms with Crippen LogP contribution in [0.25, 0.3) is 11.1 Å². The van der Waals surface area contributed by atoms with Gasteiger partial charge in [-0.1, -0.05) is 66.8 Å². The minimum absolute atomic E-state index is 0.00264. The second kappa shape index (κ2) is 9.09. The number of alkyl halides is 3. The van der Waals surface area contributed by atoms with E-state index in [9.17, 15) is 18.0 Å². The Morgan fingerprint density at radius 1 is 1.00 bits per heavy atom. The van der Waals surface area contributed by atoms with Gasteiger partial charge in [0.15, 0.2) is 5.54 Å². The van der Waals surface area contributed by atoms with E-state index in [-0.39, 0.29) is 29.0 Å². The van der Waals surface area contributed by atoms with E-state index in [1.165, 1.54) is 12.1 Å². The van der Waals surface area contributed by atoms with Crippen molar-refractivity contribution in [2.75, 3.05) is 11.9 Å². The maximum absolute atomic E-state index is 14.5. The predicted molar refractivity (Wildman–Crippen MR) is 134 cm³/mol. The molecule has 1 aliphatic heterocycles. The Morgan fingerprint density at radius 2 is 1.71 bits per heavy atom. The molecule has 0 radical (unpaired) electrons. The van der Waals surface area contributed by atoms with Gasteiger partial charge in [-0.05, 0) is 59.7 Å². The molecule has 180 valence electrons. The average molecular weight is 496 g/mol. The Morgan fingerprint density at radius 3 is 2.43 bits per heavy atom. The minimum Gasteiger partial charge on any atom is -0.375 e. The van der Waals surface area contributed by atoms with E-state index in [4.69, 9.17) is 12.2 Å². The molecule has 5 rings (SSSR count). The Labute approximate surface area is 206 Å². The lowest BCUT2D eigenvalue weighted by molar-refractivity contribution is -0.179. The fourth-order valence-electron chi connectivity index (χ4n) is 4.58. The van der Waals surface area contributed by atoms with Crippen LogP contribution in [-0.4, -0.2) is 29.7 Å². The lowest BCUT2D eigenvalue weighted by Gasteiger charge is -2.42. The SMILES string of the molecule is O=C(Nc1ccc2c(c1)CCNC2(C(=S)NC1CC1)C(F)(F)F)c1ccccc1-c1ccccc1. The first kappa shape index (κ1) is 23.5. The molecule has 3 aromatic carbocycles. The summed E-state index contributed by atoms with van der Waals surface area (Å²) in [5.41, 5.74) is 0.753. The molecule has 1 amide bonds. The van der Waals surface area contributed by atoms with Gasteiger partial charge in [0.2, 0.25) is 0 Å². The first-order valence-corrected chi connectivity index (χ1v) is 11.9. The van der Waals surface area contributed by atoms with Crippen LogP contribution in [0.3, 0.4) is 0 Å². The normalized spacial score (nSPS) is 19.5. The highest BCUT2D eigenvalue weighted by Crippen LogP contribution is 2.44. The van der Waals surface area contributed by atoms with Crippen molar-refractivity contribution in [2.45, 2.75) is 37.0 Å². The summed E-state index contributed by atoms with van der Waals surface area (Å²) < 4.78 is 43.4. The van der Waals surface area contributed by atoms with E-state index >= 15 is 0 Å². The number of rotatable bonds is 5. The van der Waals surface area contributed by atoms with Crippen molar-refractivity contribution in [3.8, 4) is 11.1 Å². The van der Waals surface area contributed by atoms with Crippen molar-refractivity contribution < 1.29 is 18.0 Å². The zero-order chi connectivity index (χ0) is 24.6. The Balaban J connectivity index is 1.46. The molecule has 4 nitrogen and oxygen atoms in total. The Kier molecular flexibility index (Phi) is 6.11.